The molecule has 2 aliphatic rings. The molecule has 0 heterocycles. The van der Waals surface area contributed by atoms with Gasteiger partial charge in [0.05, 0.1) is 0 Å². The molecular formula is C20H29SiTi+. The van der Waals surface area contributed by atoms with E-state index in [9.17, 15) is 0 Å². The third-order valence-electron chi connectivity index (χ3n) is 4.30. The second-order valence-electron chi connectivity index (χ2n) is 6.14. The molecule has 2 aliphatic carbocycles. The van der Waals surface area contributed by atoms with Gasteiger partial charge in [-0.2, -0.15) is 46.5 Å². The van der Waals surface area contributed by atoms with E-state index in [0.717, 1.165) is 9.52 Å². The Balaban J connectivity index is 0.000000181. The van der Waals surface area contributed by atoms with Crippen molar-refractivity contribution in [3.05, 3.63) is 58.7 Å². The molecule has 0 amide bonds. The van der Waals surface area contributed by atoms with Crippen LogP contribution in [0.1, 0.15) is 47.9 Å². The van der Waals surface area contributed by atoms with E-state index in [4.69, 9.17) is 0 Å². The van der Waals surface area contributed by atoms with Crippen LogP contribution in [0, 0.1) is 0 Å². The fourth-order valence-electron chi connectivity index (χ4n) is 3.23. The van der Waals surface area contributed by atoms with Crippen LogP contribution in [0.4, 0.5) is 0 Å². The van der Waals surface area contributed by atoms with Crippen LogP contribution in [-0.2, 0) is 47.4 Å². The van der Waals surface area contributed by atoms with Crippen molar-refractivity contribution in [1.82, 2.24) is 0 Å². The maximum atomic E-state index is 2.26. The van der Waals surface area contributed by atoms with E-state index in [0.29, 0.717) is 0 Å². The number of fused-ring (bicyclic) bond motifs is 2. The molecule has 2 heteroatoms. The zero-order chi connectivity index (χ0) is 14.9. The summed E-state index contributed by atoms with van der Waals surface area (Å²) in [6.07, 6.45) is 10.9. The molecule has 2 aromatic rings. The molecule has 0 N–H and O–H groups in total. The van der Waals surface area contributed by atoms with Crippen LogP contribution in [0.3, 0.4) is 0 Å². The van der Waals surface area contributed by atoms with Gasteiger partial charge in [0.1, 0.15) is 0 Å². The number of hydrogen-bond acceptors (Lipinski definition) is 0. The van der Waals surface area contributed by atoms with Gasteiger partial charge in [0.25, 0.3) is 0 Å². The van der Waals surface area contributed by atoms with Gasteiger partial charge in [-0.05, 0) is 0 Å². The number of rotatable bonds is 0. The third-order valence-corrected chi connectivity index (χ3v) is 4.30. The van der Waals surface area contributed by atoms with Gasteiger partial charge in [-0.25, -0.2) is 12.1 Å². The summed E-state index contributed by atoms with van der Waals surface area (Å²) in [6, 6.07) is 13.4. The average molecular weight is 345 g/mol. The van der Waals surface area contributed by atoms with Gasteiger partial charge in [0.2, 0.25) is 0 Å². The molecule has 116 valence electrons. The van der Waals surface area contributed by atoms with Crippen LogP contribution >= 0.6 is 0 Å². The van der Waals surface area contributed by atoms with Crippen LogP contribution in [0.2, 0.25) is 13.1 Å². The molecule has 0 saturated carbocycles. The van der Waals surface area contributed by atoms with Crippen molar-refractivity contribution in [1.29, 1.82) is 0 Å². The molecule has 0 spiro atoms. The predicted octanol–water partition coefficient (Wildman–Crippen LogP) is 5.09. The van der Waals surface area contributed by atoms with Gasteiger partial charge >= 0.3 is 21.7 Å². The van der Waals surface area contributed by atoms with Crippen LogP contribution < -0.4 is 0 Å². The second-order valence-corrected chi connectivity index (χ2v) is 7.30. The summed E-state index contributed by atoms with van der Waals surface area (Å²) in [6.45, 7) is 4.42. The largest absolute Gasteiger partial charge is 3.00 e. The molecule has 2 radical (unpaired) electrons. The minimum atomic E-state index is 0. The molecule has 0 saturated heterocycles. The van der Waals surface area contributed by atoms with Crippen LogP contribution in [-0.4, -0.2) is 9.52 Å². The molecule has 0 bridgehead atoms. The van der Waals surface area contributed by atoms with Crippen molar-refractivity contribution in [3.63, 3.8) is 0 Å². The summed E-state index contributed by atoms with van der Waals surface area (Å²) in [5.41, 5.74) is 6.39. The Bertz CT molecular complexity index is 422. The summed E-state index contributed by atoms with van der Waals surface area (Å²) < 4.78 is 0. The summed E-state index contributed by atoms with van der Waals surface area (Å²) in [7, 11) is 0.750. The molecule has 0 fully saturated rings. The first-order valence-electron chi connectivity index (χ1n) is 8.56. The maximum absolute atomic E-state index is 2.26. The van der Waals surface area contributed by atoms with Crippen molar-refractivity contribution in [3.8, 4) is 0 Å². The average Bonchev–Trinajstić information content (AvgIpc) is 3.17. The Morgan fingerprint density at radius 3 is 1.45 bits per heavy atom. The maximum Gasteiger partial charge on any atom is 3.00 e. The molecule has 4 rings (SSSR count). The fraction of sp³-hybridized carbons (Fsp3) is 0.500. The molecule has 22 heavy (non-hydrogen) atoms. The number of aryl methyl sites for hydroxylation is 4. The van der Waals surface area contributed by atoms with E-state index in [1.165, 1.54) is 51.4 Å². The molecule has 0 unspecified atom stereocenters. The molecule has 0 aromatic heterocycles. The van der Waals surface area contributed by atoms with Crippen LogP contribution in [0.15, 0.2) is 36.4 Å². The van der Waals surface area contributed by atoms with Gasteiger partial charge in [-0.3, -0.25) is 0 Å². The monoisotopic (exact) mass is 345 g/mol. The quantitative estimate of drug-likeness (QED) is 0.461. The molecule has 2 aromatic carbocycles. The van der Waals surface area contributed by atoms with E-state index in [-0.39, 0.29) is 21.7 Å². The normalized spacial score (nSPS) is 15.0. The Morgan fingerprint density at radius 1 is 0.727 bits per heavy atom. The van der Waals surface area contributed by atoms with Crippen molar-refractivity contribution in [2.24, 2.45) is 0 Å². The Hall–Kier alpha value is -0.369. The molecular weight excluding hydrogens is 316 g/mol. The Kier molecular flexibility index (Phi) is 10.0. The van der Waals surface area contributed by atoms with E-state index in [1.54, 1.807) is 22.3 Å². The standard InChI is InChI=1S/2C9H11.C2H7Si.Ti/c2*1-2-5-9-7-3-6-8(9)4-1;1-3-2;/h2*3,6-7H,1-2,4-5H2;3H,1-2H3;/q2*-1;;+3. The van der Waals surface area contributed by atoms with Crippen LogP contribution in [0.5, 0.6) is 0 Å². The fourth-order valence-corrected chi connectivity index (χ4v) is 3.23. The topological polar surface area (TPSA) is 0 Å². The predicted molar refractivity (Wildman–Crippen MR) is 96.2 cm³/mol. The molecule has 0 atom stereocenters. The van der Waals surface area contributed by atoms with Crippen LogP contribution in [0.25, 0.3) is 0 Å². The molecule has 0 nitrogen and oxygen atoms in total. The van der Waals surface area contributed by atoms with E-state index in [2.05, 4.69) is 49.5 Å². The second kappa shape index (κ2) is 11.2. The van der Waals surface area contributed by atoms with Crippen molar-refractivity contribution >= 4 is 9.52 Å². The first kappa shape index (κ1) is 19.7. The first-order valence-corrected chi connectivity index (χ1v) is 10.9. The smallest absolute Gasteiger partial charge is 0.210 e. The zero-order valence-corrected chi connectivity index (χ0v) is 16.9. The minimum Gasteiger partial charge on any atom is -0.210 e. The van der Waals surface area contributed by atoms with Gasteiger partial charge in [0, 0.05) is 9.52 Å². The SMILES string of the molecule is C[SiH]C.[Ti+3].c1cc2c([cH-]1)CCCC2.c1cc2c([cH-]1)CCCC2. The van der Waals surface area contributed by atoms with E-state index < -0.39 is 0 Å². The van der Waals surface area contributed by atoms with Gasteiger partial charge in [-0.1, -0.05) is 64.5 Å². The first-order chi connectivity index (χ1) is 10.3. The Morgan fingerprint density at radius 2 is 1.09 bits per heavy atom. The third kappa shape index (κ3) is 6.02. The summed E-state index contributed by atoms with van der Waals surface area (Å²) in [4.78, 5) is 0. The van der Waals surface area contributed by atoms with Gasteiger partial charge in [-0.15, -0.1) is 0 Å². The number of hydrogen-bond donors (Lipinski definition) is 0. The summed E-state index contributed by atoms with van der Waals surface area (Å²) in [5, 5.41) is 0. The summed E-state index contributed by atoms with van der Waals surface area (Å²) >= 11 is 0. The van der Waals surface area contributed by atoms with Crippen molar-refractivity contribution < 1.29 is 21.7 Å². The Labute approximate surface area is 154 Å². The minimum absolute atomic E-state index is 0. The van der Waals surface area contributed by atoms with E-state index in [1.807, 2.05) is 0 Å². The van der Waals surface area contributed by atoms with Gasteiger partial charge < -0.3 is 0 Å². The van der Waals surface area contributed by atoms with Crippen molar-refractivity contribution in [2.75, 3.05) is 0 Å². The van der Waals surface area contributed by atoms with E-state index >= 15 is 0 Å². The molecule has 0 aliphatic heterocycles. The van der Waals surface area contributed by atoms with Gasteiger partial charge in [0.15, 0.2) is 0 Å². The van der Waals surface area contributed by atoms with Crippen molar-refractivity contribution in [2.45, 2.75) is 64.5 Å². The summed E-state index contributed by atoms with van der Waals surface area (Å²) in [5.74, 6) is 0. The zero-order valence-electron chi connectivity index (χ0n) is 14.2.